The molecule has 0 radical (unpaired) electrons. The Labute approximate surface area is 172 Å². The maximum Gasteiger partial charge on any atom is 0.335 e. The number of benzene rings is 1. The van der Waals surface area contributed by atoms with Crippen molar-refractivity contribution in [2.24, 2.45) is 4.99 Å². The number of carboxylic acids is 1. The van der Waals surface area contributed by atoms with Gasteiger partial charge in [0.1, 0.15) is 29.3 Å². The summed E-state index contributed by atoms with van der Waals surface area (Å²) in [4.78, 5) is 15.5. The molecule has 156 valence electrons. The van der Waals surface area contributed by atoms with Crippen molar-refractivity contribution in [3.05, 3.63) is 11.1 Å². The van der Waals surface area contributed by atoms with Crippen LogP contribution >= 0.6 is 23.3 Å². The molecule has 0 saturated carbocycles. The van der Waals surface area contributed by atoms with Crippen LogP contribution in [-0.4, -0.2) is 84.9 Å². The van der Waals surface area contributed by atoms with Crippen molar-refractivity contribution in [3.63, 3.8) is 0 Å². The van der Waals surface area contributed by atoms with Gasteiger partial charge in [0.25, 0.3) is 0 Å². The summed E-state index contributed by atoms with van der Waals surface area (Å²) in [5.41, 5.74) is 1.10. The van der Waals surface area contributed by atoms with Gasteiger partial charge in [-0.3, -0.25) is 4.99 Å². The third-order valence-electron chi connectivity index (χ3n) is 4.43. The highest BCUT2D eigenvalue weighted by Crippen LogP contribution is 2.38. The lowest BCUT2D eigenvalue weighted by atomic mass is 9.99. The fourth-order valence-electron chi connectivity index (χ4n) is 2.97. The average Bonchev–Trinajstić information content (AvgIpc) is 3.36. The van der Waals surface area contributed by atoms with Crippen molar-refractivity contribution in [2.45, 2.75) is 30.7 Å². The maximum absolute atomic E-state index is 11.2. The Kier molecular flexibility index (Phi) is 5.42. The summed E-state index contributed by atoms with van der Waals surface area (Å²) in [5, 5.41) is 45.3. The van der Waals surface area contributed by atoms with Crippen LogP contribution in [0.25, 0.3) is 11.0 Å². The molecule has 1 aromatic heterocycles. The number of fused-ring (bicyclic) bond motifs is 1. The number of aliphatic carboxylic acids is 1. The van der Waals surface area contributed by atoms with Gasteiger partial charge >= 0.3 is 5.97 Å². The molecule has 6 N–H and O–H groups in total. The summed E-state index contributed by atoms with van der Waals surface area (Å²) >= 11 is 7.24. The van der Waals surface area contributed by atoms with Crippen LogP contribution < -0.4 is 15.4 Å². The number of carbonyl (C=O) groups is 1. The van der Waals surface area contributed by atoms with E-state index >= 15 is 0 Å². The summed E-state index contributed by atoms with van der Waals surface area (Å²) in [6.07, 6.45) is -8.70. The predicted molar refractivity (Wildman–Crippen MR) is 101 cm³/mol. The number of aromatic nitrogens is 2. The lowest BCUT2D eigenvalue weighted by molar-refractivity contribution is -0.270. The molecular weight excluding hydrogens is 430 g/mol. The van der Waals surface area contributed by atoms with E-state index in [0.29, 0.717) is 30.3 Å². The molecule has 1 unspecified atom stereocenters. The molecule has 0 spiro atoms. The minimum atomic E-state index is -1.82. The minimum Gasteiger partial charge on any atom is -0.479 e. The first kappa shape index (κ1) is 20.0. The number of anilines is 1. The van der Waals surface area contributed by atoms with Gasteiger partial charge in [0.05, 0.1) is 29.0 Å². The third kappa shape index (κ3) is 3.68. The van der Waals surface area contributed by atoms with Gasteiger partial charge in [-0.2, -0.15) is 8.75 Å². The largest absolute Gasteiger partial charge is 0.479 e. The Bertz CT molecular complexity index is 972. The van der Waals surface area contributed by atoms with Gasteiger partial charge in [-0.25, -0.2) is 4.79 Å². The van der Waals surface area contributed by atoms with Gasteiger partial charge in [0.15, 0.2) is 17.8 Å². The van der Waals surface area contributed by atoms with E-state index < -0.39 is 36.7 Å². The van der Waals surface area contributed by atoms with Crippen molar-refractivity contribution in [2.75, 3.05) is 18.4 Å². The molecule has 0 bridgehead atoms. The Hall–Kier alpha value is -2.29. The Morgan fingerprint density at radius 2 is 2.03 bits per heavy atom. The van der Waals surface area contributed by atoms with E-state index in [1.54, 1.807) is 0 Å². The molecule has 0 amide bonds. The molecule has 2 aromatic rings. The van der Waals surface area contributed by atoms with Gasteiger partial charge in [0, 0.05) is 12.6 Å². The van der Waals surface area contributed by atoms with Crippen LogP contribution in [0.1, 0.15) is 0 Å². The molecule has 4 rings (SSSR count). The van der Waals surface area contributed by atoms with Crippen molar-refractivity contribution in [3.8, 4) is 5.75 Å². The number of aliphatic imine (C=N–C) groups is 1. The smallest absolute Gasteiger partial charge is 0.335 e. The van der Waals surface area contributed by atoms with E-state index in [1.807, 2.05) is 0 Å². The summed E-state index contributed by atoms with van der Waals surface area (Å²) in [5.74, 6) is -0.926. The second-order valence-corrected chi connectivity index (χ2v) is 7.26. The second-order valence-electron chi connectivity index (χ2n) is 6.33. The van der Waals surface area contributed by atoms with Crippen LogP contribution in [0, 0.1) is 0 Å². The first-order valence-electron chi connectivity index (χ1n) is 8.46. The highest BCUT2D eigenvalue weighted by Gasteiger charge is 2.48. The molecule has 0 aliphatic carbocycles. The summed E-state index contributed by atoms with van der Waals surface area (Å²) in [7, 11) is 0. The highest BCUT2D eigenvalue weighted by atomic mass is 35.5. The minimum absolute atomic E-state index is 0.0578. The number of rotatable bonds is 4. The van der Waals surface area contributed by atoms with Gasteiger partial charge in [0.2, 0.25) is 6.29 Å². The van der Waals surface area contributed by atoms with Gasteiger partial charge in [-0.1, -0.05) is 11.6 Å². The molecule has 1 saturated heterocycles. The van der Waals surface area contributed by atoms with Gasteiger partial charge < -0.3 is 40.5 Å². The first-order valence-corrected chi connectivity index (χ1v) is 9.57. The van der Waals surface area contributed by atoms with E-state index in [9.17, 15) is 20.1 Å². The SMILES string of the molecule is O=C(O)[C@H]1OC(Oc2cc(Cl)c(NC3=NCCN3)c3nsnc23)[C@H](O)[C@@H](O)[C@@H]1O. The van der Waals surface area contributed by atoms with Crippen LogP contribution in [0.2, 0.25) is 5.02 Å². The number of hydrogen-bond donors (Lipinski definition) is 6. The standard InChI is InChI=1S/C15H16ClN5O7S/c16-4-3-5(27-14-11(24)9(22)10(23)12(28-14)13(25)26)7-8(21-29-20-7)6(4)19-15-17-1-2-18-15/h3,9-12,14,22-24H,1-2H2,(H,25,26)(H2,17,18,19)/t9-,10-,11+,12-,14?/m0/s1. The second kappa shape index (κ2) is 7.85. The number of hydrogen-bond acceptors (Lipinski definition) is 12. The predicted octanol–water partition coefficient (Wildman–Crippen LogP) is -1.01. The summed E-state index contributed by atoms with van der Waals surface area (Å²) in [6, 6.07) is 1.40. The number of halogens is 1. The topological polar surface area (TPSA) is 179 Å². The molecule has 2 aliphatic rings. The molecule has 2 aliphatic heterocycles. The zero-order valence-corrected chi connectivity index (χ0v) is 16.1. The Balaban J connectivity index is 1.64. The molecular formula is C15H16ClN5O7S. The van der Waals surface area contributed by atoms with E-state index in [-0.39, 0.29) is 16.3 Å². The van der Waals surface area contributed by atoms with E-state index in [2.05, 4.69) is 24.4 Å². The Morgan fingerprint density at radius 1 is 1.28 bits per heavy atom. The molecule has 12 nitrogen and oxygen atoms in total. The molecule has 5 atom stereocenters. The summed E-state index contributed by atoms with van der Waals surface area (Å²) < 4.78 is 19.1. The number of carboxylic acid groups (broad SMARTS) is 1. The van der Waals surface area contributed by atoms with Gasteiger partial charge in [-0.05, 0) is 0 Å². The monoisotopic (exact) mass is 445 g/mol. The van der Waals surface area contributed by atoms with Crippen LogP contribution in [0.5, 0.6) is 5.75 Å². The van der Waals surface area contributed by atoms with Crippen molar-refractivity contribution in [1.82, 2.24) is 14.1 Å². The third-order valence-corrected chi connectivity index (χ3v) is 5.26. The normalized spacial score (nSPS) is 29.4. The maximum atomic E-state index is 11.2. The number of guanidine groups is 1. The van der Waals surface area contributed by atoms with E-state index in [1.165, 1.54) is 6.07 Å². The molecule has 29 heavy (non-hydrogen) atoms. The molecule has 3 heterocycles. The van der Waals surface area contributed by atoms with Crippen LogP contribution in [0.4, 0.5) is 5.69 Å². The summed E-state index contributed by atoms with van der Waals surface area (Å²) in [6.45, 7) is 1.31. The number of ether oxygens (including phenoxy) is 2. The molecule has 1 fully saturated rings. The fourth-order valence-corrected chi connectivity index (χ4v) is 3.76. The molecule has 1 aromatic carbocycles. The van der Waals surface area contributed by atoms with E-state index in [0.717, 1.165) is 11.7 Å². The van der Waals surface area contributed by atoms with Crippen molar-refractivity contribution in [1.29, 1.82) is 0 Å². The highest BCUT2D eigenvalue weighted by molar-refractivity contribution is 7.00. The van der Waals surface area contributed by atoms with Crippen LogP contribution in [0.15, 0.2) is 11.1 Å². The lowest BCUT2D eigenvalue weighted by Crippen LogP contribution is -2.61. The number of nitrogens with zero attached hydrogens (tertiary/aromatic N) is 3. The number of aliphatic hydroxyl groups excluding tert-OH is 3. The lowest BCUT2D eigenvalue weighted by Gasteiger charge is -2.38. The fraction of sp³-hybridized carbons (Fsp3) is 0.467. The quantitative estimate of drug-likeness (QED) is 0.339. The van der Waals surface area contributed by atoms with Crippen LogP contribution in [-0.2, 0) is 9.53 Å². The number of aliphatic hydroxyl groups is 3. The zero-order valence-electron chi connectivity index (χ0n) is 14.5. The van der Waals surface area contributed by atoms with Crippen LogP contribution in [0.3, 0.4) is 0 Å². The van der Waals surface area contributed by atoms with E-state index in [4.69, 9.17) is 26.2 Å². The van der Waals surface area contributed by atoms with Crippen molar-refractivity contribution < 1.29 is 34.7 Å². The average molecular weight is 446 g/mol. The van der Waals surface area contributed by atoms with Crippen molar-refractivity contribution >= 4 is 52.0 Å². The zero-order chi connectivity index (χ0) is 20.7. The van der Waals surface area contributed by atoms with Gasteiger partial charge in [-0.15, -0.1) is 0 Å². The molecule has 14 heteroatoms. The first-order chi connectivity index (χ1) is 13.9. The Morgan fingerprint density at radius 3 is 2.72 bits per heavy atom. The number of nitrogens with one attached hydrogen (secondary N) is 2.